The molecule has 4 heteroatoms. The minimum Gasteiger partial charge on any atom is -0.388 e. The zero-order valence-corrected chi connectivity index (χ0v) is 9.77. The minimum atomic E-state index is -0.745. The number of hydrogen-bond acceptors (Lipinski definition) is 2. The van der Waals surface area contributed by atoms with Crippen molar-refractivity contribution in [2.24, 2.45) is 5.11 Å². The summed E-state index contributed by atoms with van der Waals surface area (Å²) in [6, 6.07) is 17.6. The molecule has 0 amide bonds. The van der Waals surface area contributed by atoms with Crippen LogP contribution in [-0.2, 0) is 0 Å². The molecule has 4 nitrogen and oxygen atoms in total. The molecule has 0 aliphatic rings. The second-order valence-corrected chi connectivity index (χ2v) is 3.92. The van der Waals surface area contributed by atoms with E-state index in [1.54, 1.807) is 0 Å². The SMILES string of the molecule is [N-]=[N+]=NCC(O)c1ccc(-c2ccccc2)cc1. The van der Waals surface area contributed by atoms with E-state index in [-0.39, 0.29) is 6.54 Å². The largest absolute Gasteiger partial charge is 0.388 e. The number of hydrogen-bond donors (Lipinski definition) is 1. The number of azide groups is 1. The van der Waals surface area contributed by atoms with Gasteiger partial charge in [-0.05, 0) is 22.2 Å². The van der Waals surface area contributed by atoms with Crippen LogP contribution in [0.1, 0.15) is 11.7 Å². The summed E-state index contributed by atoms with van der Waals surface area (Å²) in [5, 5.41) is 13.1. The summed E-state index contributed by atoms with van der Waals surface area (Å²) in [5.74, 6) is 0. The lowest BCUT2D eigenvalue weighted by molar-refractivity contribution is 0.187. The number of benzene rings is 2. The fourth-order valence-corrected chi connectivity index (χ4v) is 1.75. The molecule has 90 valence electrons. The topological polar surface area (TPSA) is 69.0 Å². The zero-order chi connectivity index (χ0) is 12.8. The molecule has 0 saturated heterocycles. The Bertz CT molecular complexity index is 545. The maximum absolute atomic E-state index is 9.75. The lowest BCUT2D eigenvalue weighted by Gasteiger charge is -2.08. The van der Waals surface area contributed by atoms with E-state index in [2.05, 4.69) is 10.0 Å². The second kappa shape index (κ2) is 5.87. The fourth-order valence-electron chi connectivity index (χ4n) is 1.75. The smallest absolute Gasteiger partial charge is 0.0846 e. The molecule has 0 bridgehead atoms. The average molecular weight is 239 g/mol. The molecule has 1 atom stereocenters. The van der Waals surface area contributed by atoms with E-state index in [0.29, 0.717) is 0 Å². The van der Waals surface area contributed by atoms with Gasteiger partial charge in [0.25, 0.3) is 0 Å². The predicted molar refractivity (Wildman–Crippen MR) is 70.9 cm³/mol. The highest BCUT2D eigenvalue weighted by Crippen LogP contribution is 2.21. The van der Waals surface area contributed by atoms with Crippen LogP contribution in [-0.4, -0.2) is 11.7 Å². The first-order valence-electron chi connectivity index (χ1n) is 5.65. The highest BCUT2D eigenvalue weighted by Gasteiger charge is 2.06. The molecule has 1 unspecified atom stereocenters. The molecule has 1 N–H and O–H groups in total. The Labute approximate surface area is 105 Å². The van der Waals surface area contributed by atoms with Gasteiger partial charge in [-0.25, -0.2) is 0 Å². The minimum absolute atomic E-state index is 0.0567. The molecule has 0 radical (unpaired) electrons. The first kappa shape index (κ1) is 12.2. The molecule has 0 spiro atoms. The Morgan fingerprint density at radius 2 is 1.61 bits per heavy atom. The summed E-state index contributed by atoms with van der Waals surface area (Å²) in [4.78, 5) is 2.63. The molecule has 2 rings (SSSR count). The average Bonchev–Trinajstić information content (AvgIpc) is 2.46. The van der Waals surface area contributed by atoms with E-state index in [1.165, 1.54) is 0 Å². The van der Waals surface area contributed by atoms with Gasteiger partial charge in [0.05, 0.1) is 12.6 Å². The third kappa shape index (κ3) is 2.88. The van der Waals surface area contributed by atoms with Crippen molar-refractivity contribution in [2.45, 2.75) is 6.10 Å². The van der Waals surface area contributed by atoms with Crippen LogP contribution >= 0.6 is 0 Å². The number of aliphatic hydroxyl groups is 1. The van der Waals surface area contributed by atoms with E-state index in [9.17, 15) is 5.11 Å². The quantitative estimate of drug-likeness (QED) is 0.493. The fraction of sp³-hybridized carbons (Fsp3) is 0.143. The Morgan fingerprint density at radius 3 is 2.22 bits per heavy atom. The molecule has 0 fully saturated rings. The van der Waals surface area contributed by atoms with Gasteiger partial charge in [0.1, 0.15) is 0 Å². The van der Waals surface area contributed by atoms with Crippen molar-refractivity contribution in [3.8, 4) is 11.1 Å². The van der Waals surface area contributed by atoms with E-state index < -0.39 is 6.10 Å². The van der Waals surface area contributed by atoms with Crippen molar-refractivity contribution < 1.29 is 5.11 Å². The van der Waals surface area contributed by atoms with Crippen LogP contribution in [0.25, 0.3) is 21.6 Å². The molecule has 18 heavy (non-hydrogen) atoms. The van der Waals surface area contributed by atoms with Gasteiger partial charge in [-0.15, -0.1) is 0 Å². The standard InChI is InChI=1S/C14H13N3O/c15-17-16-10-14(18)13-8-6-12(7-9-13)11-4-2-1-3-5-11/h1-9,14,18H,10H2. The number of nitrogens with zero attached hydrogens (tertiary/aromatic N) is 3. The van der Waals surface area contributed by atoms with Crippen LogP contribution < -0.4 is 0 Å². The highest BCUT2D eigenvalue weighted by atomic mass is 16.3. The molecule has 2 aromatic rings. The summed E-state index contributed by atoms with van der Waals surface area (Å²) >= 11 is 0. The third-order valence-electron chi connectivity index (χ3n) is 2.72. The van der Waals surface area contributed by atoms with E-state index in [0.717, 1.165) is 16.7 Å². The summed E-state index contributed by atoms with van der Waals surface area (Å²) in [7, 11) is 0. The number of aliphatic hydroxyl groups excluding tert-OH is 1. The summed E-state index contributed by atoms with van der Waals surface area (Å²) in [6.45, 7) is 0.0567. The van der Waals surface area contributed by atoms with Gasteiger partial charge in [0.2, 0.25) is 0 Å². The lowest BCUT2D eigenvalue weighted by atomic mass is 10.0. The van der Waals surface area contributed by atoms with Gasteiger partial charge >= 0.3 is 0 Å². The van der Waals surface area contributed by atoms with Crippen molar-refractivity contribution in [3.05, 3.63) is 70.6 Å². The van der Waals surface area contributed by atoms with Crippen LogP contribution in [0.15, 0.2) is 59.7 Å². The monoisotopic (exact) mass is 239 g/mol. The first-order valence-corrected chi connectivity index (χ1v) is 5.65. The van der Waals surface area contributed by atoms with Crippen molar-refractivity contribution in [2.75, 3.05) is 6.54 Å². The first-order chi connectivity index (χ1) is 8.81. The van der Waals surface area contributed by atoms with E-state index in [4.69, 9.17) is 5.53 Å². The van der Waals surface area contributed by atoms with Crippen LogP contribution in [0.2, 0.25) is 0 Å². The predicted octanol–water partition coefficient (Wildman–Crippen LogP) is 3.70. The van der Waals surface area contributed by atoms with E-state index in [1.807, 2.05) is 54.6 Å². The van der Waals surface area contributed by atoms with Crippen LogP contribution in [0, 0.1) is 0 Å². The third-order valence-corrected chi connectivity index (χ3v) is 2.72. The van der Waals surface area contributed by atoms with E-state index >= 15 is 0 Å². The van der Waals surface area contributed by atoms with Gasteiger partial charge < -0.3 is 5.11 Å². The Hall–Kier alpha value is -2.29. The van der Waals surface area contributed by atoms with Gasteiger partial charge in [0, 0.05) is 4.91 Å². The Morgan fingerprint density at radius 1 is 1.00 bits per heavy atom. The summed E-state index contributed by atoms with van der Waals surface area (Å²) < 4.78 is 0. The molecule has 0 aliphatic carbocycles. The highest BCUT2D eigenvalue weighted by molar-refractivity contribution is 5.63. The maximum Gasteiger partial charge on any atom is 0.0846 e. The molecule has 0 saturated carbocycles. The van der Waals surface area contributed by atoms with Gasteiger partial charge in [-0.1, -0.05) is 59.7 Å². The van der Waals surface area contributed by atoms with Gasteiger partial charge in [-0.2, -0.15) is 0 Å². The maximum atomic E-state index is 9.75. The molecule has 2 aromatic carbocycles. The molecular weight excluding hydrogens is 226 g/mol. The Balaban J connectivity index is 2.17. The van der Waals surface area contributed by atoms with Crippen molar-refractivity contribution in [3.63, 3.8) is 0 Å². The molecular formula is C14H13N3O. The van der Waals surface area contributed by atoms with Gasteiger partial charge in [-0.3, -0.25) is 0 Å². The second-order valence-electron chi connectivity index (χ2n) is 3.92. The van der Waals surface area contributed by atoms with Crippen molar-refractivity contribution in [1.29, 1.82) is 0 Å². The summed E-state index contributed by atoms with van der Waals surface area (Å²) in [5.41, 5.74) is 11.2. The van der Waals surface area contributed by atoms with Crippen LogP contribution in [0.4, 0.5) is 0 Å². The normalized spacial score (nSPS) is 11.6. The summed E-state index contributed by atoms with van der Waals surface area (Å²) in [6.07, 6.45) is -0.745. The lowest BCUT2D eigenvalue weighted by Crippen LogP contribution is -2.00. The number of rotatable bonds is 4. The Kier molecular flexibility index (Phi) is 3.97. The van der Waals surface area contributed by atoms with Gasteiger partial charge in [0.15, 0.2) is 0 Å². The van der Waals surface area contributed by atoms with Crippen molar-refractivity contribution in [1.82, 2.24) is 0 Å². The van der Waals surface area contributed by atoms with Crippen molar-refractivity contribution >= 4 is 0 Å². The molecule has 0 aliphatic heterocycles. The van der Waals surface area contributed by atoms with Crippen LogP contribution in [0.3, 0.4) is 0 Å². The molecule has 0 aromatic heterocycles. The zero-order valence-electron chi connectivity index (χ0n) is 9.77. The molecule has 0 heterocycles. The van der Waals surface area contributed by atoms with Crippen LogP contribution in [0.5, 0.6) is 0 Å².